The summed E-state index contributed by atoms with van der Waals surface area (Å²) in [6.07, 6.45) is 1.66. The van der Waals surface area contributed by atoms with Crippen LogP contribution in [0.4, 0.5) is 0 Å². The van der Waals surface area contributed by atoms with Gasteiger partial charge in [-0.2, -0.15) is 0 Å². The van der Waals surface area contributed by atoms with Crippen LogP contribution in [0.3, 0.4) is 0 Å². The Balaban J connectivity index is 3.20. The van der Waals surface area contributed by atoms with Crippen LogP contribution in [0.15, 0.2) is 35.3 Å². The molecule has 0 bridgehead atoms. The van der Waals surface area contributed by atoms with Crippen molar-refractivity contribution in [1.29, 1.82) is 0 Å². The normalized spacial score (nSPS) is 12.6. The third-order valence-electron chi connectivity index (χ3n) is 1.59. The van der Waals surface area contributed by atoms with Gasteiger partial charge in [-0.25, -0.2) is 0 Å². The first-order chi connectivity index (χ1) is 5.66. The maximum absolute atomic E-state index is 5.95. The Morgan fingerprint density at radius 2 is 2.25 bits per heavy atom. The Labute approximate surface area is 85.3 Å². The Hall–Kier alpha value is -0.310. The van der Waals surface area contributed by atoms with Crippen LogP contribution in [-0.2, 0) is 0 Å². The summed E-state index contributed by atoms with van der Waals surface area (Å²) in [4.78, 5) is 0. The van der Waals surface area contributed by atoms with Crippen LogP contribution >= 0.6 is 27.5 Å². The Morgan fingerprint density at radius 3 is 2.75 bits per heavy atom. The van der Waals surface area contributed by atoms with E-state index in [0.29, 0.717) is 5.02 Å². The molecule has 2 N–H and O–H groups in total. The van der Waals surface area contributed by atoms with Gasteiger partial charge in [-0.1, -0.05) is 39.7 Å². The van der Waals surface area contributed by atoms with Gasteiger partial charge >= 0.3 is 0 Å². The zero-order chi connectivity index (χ0) is 9.14. The van der Waals surface area contributed by atoms with Gasteiger partial charge < -0.3 is 5.73 Å². The summed E-state index contributed by atoms with van der Waals surface area (Å²) in [6, 6.07) is 5.37. The Kier molecular flexibility index (Phi) is 3.32. The van der Waals surface area contributed by atoms with Crippen LogP contribution in [0.25, 0.3) is 0 Å². The van der Waals surface area contributed by atoms with Gasteiger partial charge in [0.2, 0.25) is 0 Å². The van der Waals surface area contributed by atoms with Crippen molar-refractivity contribution in [2.45, 2.75) is 6.04 Å². The summed E-state index contributed by atoms with van der Waals surface area (Å²) in [5.41, 5.74) is 6.65. The molecule has 1 unspecified atom stereocenters. The lowest BCUT2D eigenvalue weighted by Crippen LogP contribution is -2.07. The molecule has 64 valence electrons. The molecule has 1 atom stereocenters. The summed E-state index contributed by atoms with van der Waals surface area (Å²) in [5, 5.41) is 0.664. The first kappa shape index (κ1) is 9.78. The largest absolute Gasteiger partial charge is 0.321 e. The molecule has 1 aromatic rings. The van der Waals surface area contributed by atoms with Gasteiger partial charge in [0.1, 0.15) is 0 Å². The third kappa shape index (κ3) is 1.89. The average Bonchev–Trinajstić information content (AvgIpc) is 2.03. The summed E-state index contributed by atoms with van der Waals surface area (Å²) >= 11 is 9.32. The van der Waals surface area contributed by atoms with E-state index in [-0.39, 0.29) is 6.04 Å². The van der Waals surface area contributed by atoms with E-state index in [1.165, 1.54) is 0 Å². The molecule has 0 aliphatic rings. The van der Waals surface area contributed by atoms with Crippen molar-refractivity contribution in [3.63, 3.8) is 0 Å². The van der Waals surface area contributed by atoms with E-state index in [4.69, 9.17) is 17.3 Å². The SMILES string of the molecule is C=CC(N)c1c(Cl)cccc1Br. The molecule has 1 rings (SSSR count). The van der Waals surface area contributed by atoms with E-state index in [1.54, 1.807) is 6.08 Å². The molecule has 1 nitrogen and oxygen atoms in total. The van der Waals surface area contributed by atoms with Gasteiger partial charge in [0, 0.05) is 15.1 Å². The molecular formula is C9H9BrClN. The number of rotatable bonds is 2. The standard InChI is InChI=1S/C9H9BrClN/c1-2-8(12)9-6(10)4-3-5-7(9)11/h2-5,8H,1,12H2. The minimum absolute atomic E-state index is 0.215. The highest BCUT2D eigenvalue weighted by Crippen LogP contribution is 2.29. The fourth-order valence-electron chi connectivity index (χ4n) is 0.947. The molecular weight excluding hydrogens is 237 g/mol. The predicted molar refractivity (Wildman–Crippen MR) is 56.3 cm³/mol. The van der Waals surface area contributed by atoms with Crippen molar-refractivity contribution in [3.8, 4) is 0 Å². The van der Waals surface area contributed by atoms with Crippen LogP contribution in [0.5, 0.6) is 0 Å². The first-order valence-electron chi connectivity index (χ1n) is 3.49. The minimum atomic E-state index is -0.215. The van der Waals surface area contributed by atoms with Crippen LogP contribution in [0, 0.1) is 0 Å². The molecule has 0 heterocycles. The van der Waals surface area contributed by atoms with E-state index >= 15 is 0 Å². The first-order valence-corrected chi connectivity index (χ1v) is 4.66. The fraction of sp³-hybridized carbons (Fsp3) is 0.111. The smallest absolute Gasteiger partial charge is 0.0504 e. The number of hydrogen-bond donors (Lipinski definition) is 1. The van der Waals surface area contributed by atoms with Gasteiger partial charge in [0.05, 0.1) is 6.04 Å². The molecule has 1 aromatic carbocycles. The highest BCUT2D eigenvalue weighted by Gasteiger charge is 2.09. The van der Waals surface area contributed by atoms with Gasteiger partial charge in [0.15, 0.2) is 0 Å². The lowest BCUT2D eigenvalue weighted by molar-refractivity contribution is 0.908. The van der Waals surface area contributed by atoms with E-state index in [9.17, 15) is 0 Å². The topological polar surface area (TPSA) is 26.0 Å². The van der Waals surface area contributed by atoms with Crippen LogP contribution < -0.4 is 5.73 Å². The van der Waals surface area contributed by atoms with Crippen molar-refractivity contribution in [2.75, 3.05) is 0 Å². The monoisotopic (exact) mass is 245 g/mol. The van der Waals surface area contributed by atoms with Crippen molar-refractivity contribution >= 4 is 27.5 Å². The third-order valence-corrected chi connectivity index (χ3v) is 2.61. The average molecular weight is 247 g/mol. The van der Waals surface area contributed by atoms with Gasteiger partial charge in [0.25, 0.3) is 0 Å². The molecule has 0 aromatic heterocycles. The fourth-order valence-corrected chi connectivity index (χ4v) is 1.99. The maximum atomic E-state index is 5.95. The van der Waals surface area contributed by atoms with E-state index < -0.39 is 0 Å². The highest BCUT2D eigenvalue weighted by molar-refractivity contribution is 9.10. The van der Waals surface area contributed by atoms with Gasteiger partial charge in [-0.15, -0.1) is 6.58 Å². The van der Waals surface area contributed by atoms with E-state index in [2.05, 4.69) is 22.5 Å². The number of hydrogen-bond acceptors (Lipinski definition) is 1. The van der Waals surface area contributed by atoms with E-state index in [1.807, 2.05) is 18.2 Å². The van der Waals surface area contributed by atoms with Crippen LogP contribution in [-0.4, -0.2) is 0 Å². The van der Waals surface area contributed by atoms with Crippen molar-refractivity contribution in [3.05, 3.63) is 45.9 Å². The van der Waals surface area contributed by atoms with Crippen molar-refractivity contribution in [2.24, 2.45) is 5.73 Å². The van der Waals surface area contributed by atoms with Gasteiger partial charge in [-0.05, 0) is 12.1 Å². The maximum Gasteiger partial charge on any atom is 0.0504 e. The summed E-state index contributed by atoms with van der Waals surface area (Å²) in [6.45, 7) is 3.61. The Bertz CT molecular complexity index is 278. The van der Waals surface area contributed by atoms with E-state index in [0.717, 1.165) is 10.0 Å². The number of halogens is 2. The number of benzene rings is 1. The van der Waals surface area contributed by atoms with Crippen molar-refractivity contribution < 1.29 is 0 Å². The quantitative estimate of drug-likeness (QED) is 0.796. The Morgan fingerprint density at radius 1 is 1.58 bits per heavy atom. The zero-order valence-corrected chi connectivity index (χ0v) is 8.77. The van der Waals surface area contributed by atoms with Crippen LogP contribution in [0.1, 0.15) is 11.6 Å². The lowest BCUT2D eigenvalue weighted by atomic mass is 10.1. The second kappa shape index (κ2) is 4.08. The molecule has 0 aliphatic carbocycles. The van der Waals surface area contributed by atoms with Crippen molar-refractivity contribution in [1.82, 2.24) is 0 Å². The second-order valence-electron chi connectivity index (χ2n) is 2.40. The molecule has 0 spiro atoms. The zero-order valence-electron chi connectivity index (χ0n) is 6.43. The second-order valence-corrected chi connectivity index (χ2v) is 3.66. The lowest BCUT2D eigenvalue weighted by Gasteiger charge is -2.10. The summed E-state index contributed by atoms with van der Waals surface area (Å²) in [5.74, 6) is 0. The molecule has 0 aliphatic heterocycles. The molecule has 12 heavy (non-hydrogen) atoms. The summed E-state index contributed by atoms with van der Waals surface area (Å²) in [7, 11) is 0. The minimum Gasteiger partial charge on any atom is -0.321 e. The molecule has 3 heteroatoms. The molecule has 0 radical (unpaired) electrons. The molecule has 0 saturated heterocycles. The highest BCUT2D eigenvalue weighted by atomic mass is 79.9. The van der Waals surface area contributed by atoms with Gasteiger partial charge in [-0.3, -0.25) is 0 Å². The predicted octanol–water partition coefficient (Wildman–Crippen LogP) is 3.29. The van der Waals surface area contributed by atoms with Crippen LogP contribution in [0.2, 0.25) is 5.02 Å². The molecule has 0 saturated carbocycles. The molecule has 0 amide bonds. The summed E-state index contributed by atoms with van der Waals surface area (Å²) < 4.78 is 0.919. The molecule has 0 fully saturated rings. The number of nitrogens with two attached hydrogens (primary N) is 1.